The zero-order valence-electron chi connectivity index (χ0n) is 10.8. The summed E-state index contributed by atoms with van der Waals surface area (Å²) in [5, 5.41) is 21.6. The van der Waals surface area contributed by atoms with Gasteiger partial charge in [0.1, 0.15) is 24.5 Å². The van der Waals surface area contributed by atoms with E-state index in [4.69, 9.17) is 20.3 Å². The summed E-state index contributed by atoms with van der Waals surface area (Å²) in [6, 6.07) is -0.434. The van der Waals surface area contributed by atoms with Crippen LogP contribution in [0.3, 0.4) is 0 Å². The summed E-state index contributed by atoms with van der Waals surface area (Å²) in [5.74, 6) is 0. The fourth-order valence-corrected chi connectivity index (χ4v) is 2.22. The highest BCUT2D eigenvalue weighted by Crippen LogP contribution is 2.28. The maximum atomic E-state index is 11.9. The number of nitrogens with one attached hydrogen (secondary N) is 1. The second kappa shape index (κ2) is 5.43. The summed E-state index contributed by atoms with van der Waals surface area (Å²) in [6.07, 6.45) is -2.30. The molecule has 0 saturated carbocycles. The lowest BCUT2D eigenvalue weighted by molar-refractivity contribution is -0.0739. The molecule has 1 fully saturated rings. The van der Waals surface area contributed by atoms with Crippen LogP contribution in [0.1, 0.15) is 6.92 Å². The molecule has 0 bridgehead atoms. The number of carbonyl (C=O) groups is 1. The van der Waals surface area contributed by atoms with Crippen LogP contribution in [0.2, 0.25) is 0 Å². The molecule has 2 aliphatic heterocycles. The number of hydrogen-bond acceptors (Lipinski definition) is 6. The number of amides is 2. The van der Waals surface area contributed by atoms with Gasteiger partial charge in [-0.3, -0.25) is 4.90 Å². The molecule has 0 aromatic heterocycles. The fraction of sp³-hybridized carbons (Fsp3) is 0.727. The molecular formula is C11H19N3O5. The Bertz CT molecular complexity index is 389. The number of aliphatic hydroxyl groups excluding tert-OH is 2. The van der Waals surface area contributed by atoms with Crippen LogP contribution in [0.4, 0.5) is 4.79 Å². The van der Waals surface area contributed by atoms with E-state index in [-0.39, 0.29) is 6.61 Å². The first kappa shape index (κ1) is 14.2. The highest BCUT2D eigenvalue weighted by molar-refractivity contribution is 5.77. The third-order valence-corrected chi connectivity index (χ3v) is 3.39. The van der Waals surface area contributed by atoms with E-state index in [0.717, 1.165) is 5.57 Å². The minimum absolute atomic E-state index is 0.352. The first-order valence-corrected chi connectivity index (χ1v) is 5.99. The third-order valence-electron chi connectivity index (χ3n) is 3.39. The van der Waals surface area contributed by atoms with E-state index in [1.165, 1.54) is 12.0 Å². The van der Waals surface area contributed by atoms with Crippen LogP contribution in [0.25, 0.3) is 0 Å². The van der Waals surface area contributed by atoms with E-state index < -0.39 is 36.7 Å². The van der Waals surface area contributed by atoms with Gasteiger partial charge in [-0.1, -0.05) is 0 Å². The summed E-state index contributed by atoms with van der Waals surface area (Å²) < 4.78 is 10.6. The number of hydrogen-bond donors (Lipinski definition) is 4. The quantitative estimate of drug-likeness (QED) is 0.486. The minimum atomic E-state index is -1.00. The average molecular weight is 273 g/mol. The molecule has 5 N–H and O–H groups in total. The SMILES string of the molecule is CO[C@@H]1[C@H](O)[C@@H](CO)O[C@H]1N1C=C(C)C(N)NC1=O. The zero-order chi connectivity index (χ0) is 14.2. The van der Waals surface area contributed by atoms with Gasteiger partial charge in [-0.2, -0.15) is 0 Å². The lowest BCUT2D eigenvalue weighted by Gasteiger charge is -2.34. The summed E-state index contributed by atoms with van der Waals surface area (Å²) in [7, 11) is 1.41. The van der Waals surface area contributed by atoms with Gasteiger partial charge in [-0.05, 0) is 12.5 Å². The molecule has 1 unspecified atom stereocenters. The molecule has 8 heteroatoms. The molecular weight excluding hydrogens is 254 g/mol. The van der Waals surface area contributed by atoms with E-state index in [0.29, 0.717) is 0 Å². The van der Waals surface area contributed by atoms with E-state index in [9.17, 15) is 9.90 Å². The van der Waals surface area contributed by atoms with Crippen molar-refractivity contribution in [2.45, 2.75) is 37.6 Å². The summed E-state index contributed by atoms with van der Waals surface area (Å²) in [6.45, 7) is 1.42. The maximum Gasteiger partial charge on any atom is 0.325 e. The molecule has 19 heavy (non-hydrogen) atoms. The molecule has 1 saturated heterocycles. The summed E-state index contributed by atoms with van der Waals surface area (Å²) >= 11 is 0. The van der Waals surface area contributed by atoms with Crippen molar-refractivity contribution in [2.24, 2.45) is 5.73 Å². The molecule has 0 aliphatic carbocycles. The van der Waals surface area contributed by atoms with Crippen LogP contribution in [0, 0.1) is 0 Å². The average Bonchev–Trinajstić information content (AvgIpc) is 2.70. The highest BCUT2D eigenvalue weighted by Gasteiger charge is 2.48. The topological polar surface area (TPSA) is 117 Å². The Hall–Kier alpha value is -1.19. The van der Waals surface area contributed by atoms with Gasteiger partial charge in [0, 0.05) is 13.3 Å². The van der Waals surface area contributed by atoms with Crippen molar-refractivity contribution in [3.05, 3.63) is 11.8 Å². The first-order chi connectivity index (χ1) is 8.99. The Balaban J connectivity index is 2.23. The van der Waals surface area contributed by atoms with Crippen LogP contribution in [0.15, 0.2) is 11.8 Å². The molecule has 2 aliphatic rings. The Kier molecular flexibility index (Phi) is 4.07. The number of rotatable bonds is 3. The van der Waals surface area contributed by atoms with E-state index >= 15 is 0 Å². The summed E-state index contributed by atoms with van der Waals surface area (Å²) in [5.41, 5.74) is 6.44. The number of nitrogens with zero attached hydrogens (tertiary/aromatic N) is 1. The Morgan fingerprint density at radius 1 is 1.63 bits per heavy atom. The molecule has 2 heterocycles. The Morgan fingerprint density at radius 3 is 2.89 bits per heavy atom. The molecule has 8 nitrogen and oxygen atoms in total. The van der Waals surface area contributed by atoms with E-state index in [2.05, 4.69) is 5.32 Å². The normalized spacial score (nSPS) is 39.2. The molecule has 2 rings (SSSR count). The van der Waals surface area contributed by atoms with Crippen molar-refractivity contribution in [1.29, 1.82) is 0 Å². The van der Waals surface area contributed by atoms with Gasteiger partial charge in [0.2, 0.25) is 0 Å². The minimum Gasteiger partial charge on any atom is -0.394 e. The van der Waals surface area contributed by atoms with Gasteiger partial charge in [-0.15, -0.1) is 0 Å². The van der Waals surface area contributed by atoms with Crippen molar-refractivity contribution in [3.8, 4) is 0 Å². The largest absolute Gasteiger partial charge is 0.394 e. The van der Waals surface area contributed by atoms with Gasteiger partial charge in [-0.25, -0.2) is 4.79 Å². The van der Waals surface area contributed by atoms with Gasteiger partial charge < -0.3 is 30.7 Å². The third kappa shape index (κ3) is 2.45. The van der Waals surface area contributed by atoms with Crippen molar-refractivity contribution >= 4 is 6.03 Å². The Labute approximate surface area is 110 Å². The molecule has 0 radical (unpaired) electrons. The zero-order valence-corrected chi connectivity index (χ0v) is 10.8. The molecule has 0 spiro atoms. The van der Waals surface area contributed by atoms with Crippen molar-refractivity contribution in [3.63, 3.8) is 0 Å². The van der Waals surface area contributed by atoms with Gasteiger partial charge in [0.25, 0.3) is 0 Å². The van der Waals surface area contributed by atoms with Crippen LogP contribution in [-0.2, 0) is 9.47 Å². The number of ether oxygens (including phenoxy) is 2. The molecule has 0 aromatic rings. The van der Waals surface area contributed by atoms with E-state index in [1.807, 2.05) is 0 Å². The predicted octanol–water partition coefficient (Wildman–Crippen LogP) is -1.71. The van der Waals surface area contributed by atoms with Gasteiger partial charge in [0.05, 0.1) is 6.61 Å². The second-order valence-electron chi connectivity index (χ2n) is 4.65. The molecule has 2 amide bonds. The van der Waals surface area contributed by atoms with Gasteiger partial charge >= 0.3 is 6.03 Å². The smallest absolute Gasteiger partial charge is 0.325 e. The van der Waals surface area contributed by atoms with Crippen LogP contribution < -0.4 is 11.1 Å². The monoisotopic (exact) mass is 273 g/mol. The van der Waals surface area contributed by atoms with Crippen LogP contribution in [-0.4, -0.2) is 65.6 Å². The summed E-state index contributed by atoms with van der Waals surface area (Å²) in [4.78, 5) is 13.2. The van der Waals surface area contributed by atoms with Crippen LogP contribution in [0.5, 0.6) is 0 Å². The number of nitrogens with two attached hydrogens (primary N) is 1. The van der Waals surface area contributed by atoms with Crippen molar-refractivity contribution in [1.82, 2.24) is 10.2 Å². The second-order valence-corrected chi connectivity index (χ2v) is 4.65. The van der Waals surface area contributed by atoms with E-state index in [1.54, 1.807) is 13.1 Å². The molecule has 0 aromatic carbocycles. The standard InChI is InChI=1S/C11H19N3O5/c1-5-3-14(11(17)13-9(5)12)10-8(18-2)7(16)6(4-15)19-10/h3,6-10,15-16H,4,12H2,1-2H3,(H,13,17)/t6-,7-,8-,9?,10-/m1/s1. The van der Waals surface area contributed by atoms with Crippen molar-refractivity contribution < 1.29 is 24.5 Å². The maximum absolute atomic E-state index is 11.9. The predicted molar refractivity (Wildman–Crippen MR) is 64.7 cm³/mol. The Morgan fingerprint density at radius 2 is 2.32 bits per heavy atom. The van der Waals surface area contributed by atoms with Crippen LogP contribution >= 0.6 is 0 Å². The number of urea groups is 1. The van der Waals surface area contributed by atoms with Gasteiger partial charge in [0.15, 0.2) is 6.23 Å². The fourth-order valence-electron chi connectivity index (χ4n) is 2.22. The number of aliphatic hydroxyl groups is 2. The lowest BCUT2D eigenvalue weighted by atomic mass is 10.1. The lowest BCUT2D eigenvalue weighted by Crippen LogP contribution is -2.56. The highest BCUT2D eigenvalue weighted by atomic mass is 16.6. The molecule has 5 atom stereocenters. The number of methoxy groups -OCH3 is 1. The number of carbonyl (C=O) groups excluding carboxylic acids is 1. The van der Waals surface area contributed by atoms with Crippen molar-refractivity contribution in [2.75, 3.05) is 13.7 Å². The first-order valence-electron chi connectivity index (χ1n) is 5.99. The molecule has 108 valence electrons.